The topological polar surface area (TPSA) is 110 Å². The Kier molecular flexibility index (Phi) is 6.51. The quantitative estimate of drug-likeness (QED) is 0.487. The average Bonchev–Trinajstić information content (AvgIpc) is 2.72. The van der Waals surface area contributed by atoms with Crippen LogP contribution in [-0.2, 0) is 10.0 Å². The number of nitro benzene ring substituents is 1. The summed E-state index contributed by atoms with van der Waals surface area (Å²) >= 11 is 11.9. The van der Waals surface area contributed by atoms with E-state index in [4.69, 9.17) is 27.9 Å². The Labute approximate surface area is 182 Å². The summed E-state index contributed by atoms with van der Waals surface area (Å²) in [5.41, 5.74) is -0.125. The standard InChI is InChI=1S/C18H17Cl2N3O6S/c1-29-17-3-2-15(11-16(17)23(25)26)30(27,28)22-6-4-21(5-7-22)18(24)12-8-13(19)10-14(20)9-12/h2-3,8-11H,4-7H2,1H3. The zero-order chi connectivity index (χ0) is 22.1. The SMILES string of the molecule is COc1ccc(S(=O)(=O)N2CCN(C(=O)c3cc(Cl)cc(Cl)c3)CC2)cc1[N+](=O)[O-]. The number of hydrogen-bond donors (Lipinski definition) is 0. The number of nitro groups is 1. The molecule has 1 amide bonds. The molecule has 160 valence electrons. The molecule has 3 rings (SSSR count). The van der Waals surface area contributed by atoms with Gasteiger partial charge in [0.05, 0.1) is 16.9 Å². The largest absolute Gasteiger partial charge is 0.490 e. The third kappa shape index (κ3) is 4.51. The van der Waals surface area contributed by atoms with Crippen molar-refractivity contribution in [3.05, 3.63) is 62.1 Å². The number of carbonyl (C=O) groups is 1. The Bertz CT molecular complexity index is 1080. The number of carbonyl (C=O) groups excluding carboxylic acids is 1. The van der Waals surface area contributed by atoms with E-state index in [2.05, 4.69) is 0 Å². The van der Waals surface area contributed by atoms with Gasteiger partial charge in [0.15, 0.2) is 5.75 Å². The van der Waals surface area contributed by atoms with Gasteiger partial charge in [-0.25, -0.2) is 8.42 Å². The van der Waals surface area contributed by atoms with Gasteiger partial charge in [-0.1, -0.05) is 23.2 Å². The Hall–Kier alpha value is -2.40. The van der Waals surface area contributed by atoms with E-state index in [0.29, 0.717) is 15.6 Å². The zero-order valence-corrected chi connectivity index (χ0v) is 18.1. The summed E-state index contributed by atoms with van der Waals surface area (Å²) in [7, 11) is -2.71. The van der Waals surface area contributed by atoms with Gasteiger partial charge in [0.2, 0.25) is 10.0 Å². The number of sulfonamides is 1. The predicted molar refractivity (Wildman–Crippen MR) is 111 cm³/mol. The summed E-state index contributed by atoms with van der Waals surface area (Å²) in [5.74, 6) is -0.342. The molecule has 12 heteroatoms. The maximum absolute atomic E-state index is 12.9. The normalized spacial score (nSPS) is 15.1. The first-order valence-electron chi connectivity index (χ1n) is 8.71. The van der Waals surface area contributed by atoms with Gasteiger partial charge < -0.3 is 9.64 Å². The van der Waals surface area contributed by atoms with E-state index in [9.17, 15) is 23.3 Å². The molecule has 30 heavy (non-hydrogen) atoms. The van der Waals surface area contributed by atoms with Crippen molar-refractivity contribution in [2.24, 2.45) is 0 Å². The molecule has 1 fully saturated rings. The second-order valence-corrected chi connectivity index (χ2v) is 9.26. The minimum atomic E-state index is -3.98. The van der Waals surface area contributed by atoms with Crippen molar-refractivity contribution in [1.82, 2.24) is 9.21 Å². The fraction of sp³-hybridized carbons (Fsp3) is 0.278. The lowest BCUT2D eigenvalue weighted by molar-refractivity contribution is -0.386. The lowest BCUT2D eigenvalue weighted by Gasteiger charge is -2.34. The fourth-order valence-corrected chi connectivity index (χ4v) is 5.08. The molecule has 1 aliphatic rings. The first kappa shape index (κ1) is 22.3. The van der Waals surface area contributed by atoms with E-state index in [1.54, 1.807) is 0 Å². The molecule has 0 atom stereocenters. The van der Waals surface area contributed by atoms with Gasteiger partial charge in [0, 0.05) is 47.9 Å². The second-order valence-electron chi connectivity index (χ2n) is 6.45. The number of methoxy groups -OCH3 is 1. The Morgan fingerprint density at radius 2 is 1.67 bits per heavy atom. The average molecular weight is 474 g/mol. The van der Waals surface area contributed by atoms with Crippen molar-refractivity contribution in [2.45, 2.75) is 4.90 Å². The molecule has 1 heterocycles. The van der Waals surface area contributed by atoms with Crippen LogP contribution in [0.25, 0.3) is 0 Å². The van der Waals surface area contributed by atoms with E-state index < -0.39 is 20.6 Å². The molecule has 0 N–H and O–H groups in total. The molecule has 0 aromatic heterocycles. The van der Waals surface area contributed by atoms with E-state index >= 15 is 0 Å². The maximum atomic E-state index is 12.9. The Morgan fingerprint density at radius 3 is 2.20 bits per heavy atom. The summed E-state index contributed by atoms with van der Waals surface area (Å²) < 4.78 is 31.9. The van der Waals surface area contributed by atoms with Gasteiger partial charge in [-0.3, -0.25) is 14.9 Å². The fourth-order valence-electron chi connectivity index (χ4n) is 3.11. The highest BCUT2D eigenvalue weighted by Gasteiger charge is 2.32. The van der Waals surface area contributed by atoms with Crippen molar-refractivity contribution in [3.8, 4) is 5.75 Å². The number of halogens is 2. The molecule has 2 aromatic carbocycles. The van der Waals surface area contributed by atoms with Gasteiger partial charge >= 0.3 is 5.69 Å². The molecule has 1 aliphatic heterocycles. The first-order chi connectivity index (χ1) is 14.1. The van der Waals surface area contributed by atoms with E-state index in [-0.39, 0.29) is 42.7 Å². The molecule has 0 bridgehead atoms. The number of amides is 1. The number of rotatable bonds is 5. The molecule has 2 aromatic rings. The number of benzene rings is 2. The molecule has 1 saturated heterocycles. The summed E-state index contributed by atoms with van der Waals surface area (Å²) in [6.45, 7) is 0.394. The van der Waals surface area contributed by atoms with Gasteiger partial charge in [-0.2, -0.15) is 4.31 Å². The summed E-state index contributed by atoms with van der Waals surface area (Å²) in [6, 6.07) is 7.98. The van der Waals surface area contributed by atoms with Crippen LogP contribution in [0.4, 0.5) is 5.69 Å². The number of nitrogens with zero attached hydrogens (tertiary/aromatic N) is 3. The number of ether oxygens (including phenoxy) is 1. The van der Waals surface area contributed by atoms with E-state index in [1.165, 1.54) is 46.6 Å². The van der Waals surface area contributed by atoms with E-state index in [1.807, 2.05) is 0 Å². The second kappa shape index (κ2) is 8.76. The molecular weight excluding hydrogens is 457 g/mol. The summed E-state index contributed by atoms with van der Waals surface area (Å²) in [6.07, 6.45) is 0. The summed E-state index contributed by atoms with van der Waals surface area (Å²) in [5, 5.41) is 11.8. The van der Waals surface area contributed by atoms with Crippen LogP contribution < -0.4 is 4.74 Å². The number of hydrogen-bond acceptors (Lipinski definition) is 6. The van der Waals surface area contributed by atoms with Gasteiger partial charge in [-0.05, 0) is 30.3 Å². The minimum Gasteiger partial charge on any atom is -0.490 e. The van der Waals surface area contributed by atoms with Gasteiger partial charge in [0.25, 0.3) is 5.91 Å². The van der Waals surface area contributed by atoms with Crippen molar-refractivity contribution >= 4 is 44.8 Å². The van der Waals surface area contributed by atoms with E-state index in [0.717, 1.165) is 6.07 Å². The van der Waals surface area contributed by atoms with Crippen molar-refractivity contribution in [3.63, 3.8) is 0 Å². The Balaban J connectivity index is 1.76. The highest BCUT2D eigenvalue weighted by molar-refractivity contribution is 7.89. The summed E-state index contributed by atoms with van der Waals surface area (Å²) in [4.78, 5) is 24.5. The van der Waals surface area contributed by atoms with Crippen LogP contribution in [0.1, 0.15) is 10.4 Å². The van der Waals surface area contributed by atoms with Crippen LogP contribution in [0.3, 0.4) is 0 Å². The monoisotopic (exact) mass is 473 g/mol. The number of piperazine rings is 1. The predicted octanol–water partition coefficient (Wildman–Crippen LogP) is 3.06. The molecule has 0 radical (unpaired) electrons. The van der Waals surface area contributed by atoms with Crippen LogP contribution in [0, 0.1) is 10.1 Å². The highest BCUT2D eigenvalue weighted by Crippen LogP contribution is 2.31. The third-order valence-electron chi connectivity index (χ3n) is 4.62. The van der Waals surface area contributed by atoms with Crippen molar-refractivity contribution < 1.29 is 22.9 Å². The first-order valence-corrected chi connectivity index (χ1v) is 10.9. The molecule has 9 nitrogen and oxygen atoms in total. The molecule has 0 aliphatic carbocycles. The minimum absolute atomic E-state index is 0.0328. The zero-order valence-electron chi connectivity index (χ0n) is 15.7. The maximum Gasteiger partial charge on any atom is 0.312 e. The van der Waals surface area contributed by atoms with Crippen LogP contribution in [0.15, 0.2) is 41.3 Å². The Morgan fingerprint density at radius 1 is 1.07 bits per heavy atom. The third-order valence-corrected chi connectivity index (χ3v) is 6.95. The smallest absolute Gasteiger partial charge is 0.312 e. The molecular formula is C18H17Cl2N3O6S. The van der Waals surface area contributed by atoms with Crippen LogP contribution in [-0.4, -0.2) is 61.7 Å². The van der Waals surface area contributed by atoms with Gasteiger partial charge in [-0.15, -0.1) is 0 Å². The van der Waals surface area contributed by atoms with Gasteiger partial charge in [0.1, 0.15) is 0 Å². The van der Waals surface area contributed by atoms with Crippen molar-refractivity contribution in [1.29, 1.82) is 0 Å². The highest BCUT2D eigenvalue weighted by atomic mass is 35.5. The van der Waals surface area contributed by atoms with Crippen LogP contribution in [0.5, 0.6) is 5.75 Å². The molecule has 0 spiro atoms. The molecule has 0 unspecified atom stereocenters. The lowest BCUT2D eigenvalue weighted by Crippen LogP contribution is -2.50. The van der Waals surface area contributed by atoms with Crippen LogP contribution in [0.2, 0.25) is 10.0 Å². The van der Waals surface area contributed by atoms with Crippen LogP contribution >= 0.6 is 23.2 Å². The lowest BCUT2D eigenvalue weighted by atomic mass is 10.2. The van der Waals surface area contributed by atoms with Crippen molar-refractivity contribution in [2.75, 3.05) is 33.3 Å². The molecule has 0 saturated carbocycles.